The number of halogens is 6. The Morgan fingerprint density at radius 2 is 1.45 bits per heavy atom. The fourth-order valence-corrected chi connectivity index (χ4v) is 1.47. The van der Waals surface area contributed by atoms with Crippen LogP contribution in [0.25, 0.3) is 0 Å². The Balaban J connectivity index is 4.45. The molecule has 11 heavy (non-hydrogen) atoms. The van der Waals surface area contributed by atoms with Crippen molar-refractivity contribution in [3.05, 3.63) is 0 Å². The van der Waals surface area contributed by atoms with Crippen molar-refractivity contribution in [3.63, 3.8) is 0 Å². The largest absolute Gasteiger partial charge is 0.224 e. The van der Waals surface area contributed by atoms with Crippen LogP contribution in [0.1, 0.15) is 13.3 Å². The van der Waals surface area contributed by atoms with E-state index in [2.05, 4.69) is 0 Å². The molecule has 0 nitrogen and oxygen atoms in total. The lowest BCUT2D eigenvalue weighted by Crippen LogP contribution is -2.39. The van der Waals surface area contributed by atoms with Gasteiger partial charge in [0.2, 0.25) is 3.79 Å². The fraction of sp³-hybridized carbons (Fsp3) is 1.00. The van der Waals surface area contributed by atoms with E-state index in [-0.39, 0.29) is 0 Å². The SMILES string of the molecule is CCC(Cl)C(Cl)(Cl)C(Cl)(Cl)Cl. The maximum absolute atomic E-state index is 5.72. The van der Waals surface area contributed by atoms with Gasteiger partial charge in [-0.1, -0.05) is 64.9 Å². The molecule has 0 aromatic rings. The Hall–Kier alpha value is 1.74. The summed E-state index contributed by atoms with van der Waals surface area (Å²) < 4.78 is -3.31. The molecule has 0 spiro atoms. The second-order valence-electron chi connectivity index (χ2n) is 2.00. The molecule has 0 N–H and O–H groups in total. The van der Waals surface area contributed by atoms with Crippen molar-refractivity contribution < 1.29 is 0 Å². The molecule has 6 heteroatoms. The maximum atomic E-state index is 5.72. The molecule has 0 aromatic carbocycles. The molecule has 0 bridgehead atoms. The molecule has 68 valence electrons. The lowest BCUT2D eigenvalue weighted by molar-refractivity contribution is 0.697. The molecule has 1 atom stereocenters. The zero-order chi connectivity index (χ0) is 9.28. The second-order valence-corrected chi connectivity index (χ2v) is 6.19. The zero-order valence-electron chi connectivity index (χ0n) is 5.55. The van der Waals surface area contributed by atoms with E-state index >= 15 is 0 Å². The molecule has 0 amide bonds. The van der Waals surface area contributed by atoms with E-state index in [0.29, 0.717) is 6.42 Å². The number of hydrogen-bond acceptors (Lipinski definition) is 0. The van der Waals surface area contributed by atoms with Gasteiger partial charge in [-0.2, -0.15) is 0 Å². The third-order valence-electron chi connectivity index (χ3n) is 1.13. The molecule has 1 unspecified atom stereocenters. The summed E-state index contributed by atoms with van der Waals surface area (Å²) in [5, 5.41) is -0.585. The summed E-state index contributed by atoms with van der Waals surface area (Å²) in [7, 11) is 0. The molecule has 0 rings (SSSR count). The van der Waals surface area contributed by atoms with Crippen molar-refractivity contribution in [1.82, 2.24) is 0 Å². The summed E-state index contributed by atoms with van der Waals surface area (Å²) >= 11 is 33.6. The highest BCUT2D eigenvalue weighted by atomic mass is 35.6. The van der Waals surface area contributed by atoms with Gasteiger partial charge in [-0.25, -0.2) is 0 Å². The Bertz CT molecular complexity index is 125. The predicted octanol–water partition coefficient (Wildman–Crippen LogP) is 4.55. The van der Waals surface area contributed by atoms with E-state index in [4.69, 9.17) is 69.6 Å². The van der Waals surface area contributed by atoms with Gasteiger partial charge in [0, 0.05) is 0 Å². The van der Waals surface area contributed by atoms with Crippen LogP contribution in [-0.2, 0) is 0 Å². The van der Waals surface area contributed by atoms with Crippen LogP contribution in [0, 0.1) is 0 Å². The van der Waals surface area contributed by atoms with E-state index in [1.807, 2.05) is 0 Å². The summed E-state index contributed by atoms with van der Waals surface area (Å²) in [6, 6.07) is 0. The van der Waals surface area contributed by atoms with Gasteiger partial charge in [-0.3, -0.25) is 0 Å². The first-order chi connectivity index (χ1) is 4.73. The maximum Gasteiger partial charge on any atom is 0.224 e. The van der Waals surface area contributed by atoms with Crippen LogP contribution in [0.15, 0.2) is 0 Å². The van der Waals surface area contributed by atoms with Gasteiger partial charge in [0.1, 0.15) is 0 Å². The Morgan fingerprint density at radius 3 is 1.55 bits per heavy atom. The minimum absolute atomic E-state index is 0.530. The standard InChI is InChI=1S/C5H6Cl6/c1-2-3(6)4(7,8)5(9,10)11/h3H,2H2,1H3. The first-order valence-electron chi connectivity index (χ1n) is 2.82. The van der Waals surface area contributed by atoms with Crippen LogP contribution < -0.4 is 0 Å². The van der Waals surface area contributed by atoms with Crippen molar-refractivity contribution in [2.45, 2.75) is 26.8 Å². The number of alkyl halides is 6. The van der Waals surface area contributed by atoms with Gasteiger partial charge in [-0.15, -0.1) is 11.6 Å². The Morgan fingerprint density at radius 1 is 1.09 bits per heavy atom. The van der Waals surface area contributed by atoms with Gasteiger partial charge in [0.15, 0.2) is 4.33 Å². The first kappa shape index (κ1) is 12.7. The minimum Gasteiger partial charge on any atom is -0.120 e. The van der Waals surface area contributed by atoms with E-state index < -0.39 is 13.5 Å². The molecular weight excluding hydrogens is 273 g/mol. The molecule has 0 heterocycles. The van der Waals surface area contributed by atoms with Crippen molar-refractivity contribution in [1.29, 1.82) is 0 Å². The molecule has 0 saturated heterocycles. The third-order valence-corrected chi connectivity index (χ3v) is 4.56. The molecule has 0 aliphatic heterocycles. The van der Waals surface area contributed by atoms with Gasteiger partial charge < -0.3 is 0 Å². The van der Waals surface area contributed by atoms with Crippen LogP contribution in [0.4, 0.5) is 0 Å². The summed E-state index contributed by atoms with van der Waals surface area (Å²) in [5.41, 5.74) is 0. The van der Waals surface area contributed by atoms with E-state index in [1.54, 1.807) is 6.92 Å². The van der Waals surface area contributed by atoms with Gasteiger partial charge in [-0.05, 0) is 6.42 Å². The highest BCUT2D eigenvalue weighted by Crippen LogP contribution is 2.50. The zero-order valence-corrected chi connectivity index (χ0v) is 10.1. The molecular formula is C5H6Cl6. The van der Waals surface area contributed by atoms with Crippen LogP contribution in [0.5, 0.6) is 0 Å². The smallest absolute Gasteiger partial charge is 0.120 e. The normalized spacial score (nSPS) is 16.6. The Labute approximate surface area is 96.0 Å². The average molecular weight is 279 g/mol. The van der Waals surface area contributed by atoms with Gasteiger partial charge in [0.25, 0.3) is 0 Å². The molecule has 0 fully saturated rings. The highest BCUT2D eigenvalue weighted by molar-refractivity contribution is 6.76. The van der Waals surface area contributed by atoms with Crippen LogP contribution in [0.2, 0.25) is 0 Å². The molecule has 0 radical (unpaired) electrons. The molecule has 0 saturated carbocycles. The minimum atomic E-state index is -1.77. The van der Waals surface area contributed by atoms with Gasteiger partial charge in [0.05, 0.1) is 5.38 Å². The van der Waals surface area contributed by atoms with Crippen molar-refractivity contribution in [2.75, 3.05) is 0 Å². The van der Waals surface area contributed by atoms with Crippen molar-refractivity contribution in [2.24, 2.45) is 0 Å². The third kappa shape index (κ3) is 3.17. The van der Waals surface area contributed by atoms with Gasteiger partial charge >= 0.3 is 0 Å². The Kier molecular flexibility index (Phi) is 4.98. The highest BCUT2D eigenvalue weighted by Gasteiger charge is 2.50. The average Bonchev–Trinajstić information content (AvgIpc) is 1.83. The predicted molar refractivity (Wildman–Crippen MR) is 54.7 cm³/mol. The quantitative estimate of drug-likeness (QED) is 0.650. The van der Waals surface area contributed by atoms with Crippen molar-refractivity contribution in [3.8, 4) is 0 Å². The number of rotatable bonds is 2. The first-order valence-corrected chi connectivity index (χ1v) is 5.14. The summed E-state index contributed by atoms with van der Waals surface area (Å²) in [6.07, 6.45) is 0.530. The van der Waals surface area contributed by atoms with Crippen molar-refractivity contribution >= 4 is 69.6 Å². The fourth-order valence-electron chi connectivity index (χ4n) is 0.434. The van der Waals surface area contributed by atoms with E-state index in [0.717, 1.165) is 0 Å². The summed E-state index contributed by atoms with van der Waals surface area (Å²) in [6.45, 7) is 1.80. The van der Waals surface area contributed by atoms with E-state index in [1.165, 1.54) is 0 Å². The lowest BCUT2D eigenvalue weighted by atomic mass is 10.2. The topological polar surface area (TPSA) is 0 Å². The molecule has 0 aromatic heterocycles. The van der Waals surface area contributed by atoms with E-state index in [9.17, 15) is 0 Å². The second kappa shape index (κ2) is 4.30. The summed E-state index contributed by atoms with van der Waals surface area (Å²) in [4.78, 5) is 0. The van der Waals surface area contributed by atoms with Crippen LogP contribution >= 0.6 is 69.6 Å². The molecule has 0 aliphatic rings. The monoisotopic (exact) mass is 276 g/mol. The van der Waals surface area contributed by atoms with Crippen LogP contribution in [-0.4, -0.2) is 13.5 Å². The summed E-state index contributed by atoms with van der Waals surface area (Å²) in [5.74, 6) is 0. The number of hydrogen-bond donors (Lipinski definition) is 0. The molecule has 0 aliphatic carbocycles. The van der Waals surface area contributed by atoms with Crippen LogP contribution in [0.3, 0.4) is 0 Å². The lowest BCUT2D eigenvalue weighted by Gasteiger charge is -2.30.